The van der Waals surface area contributed by atoms with Crippen molar-refractivity contribution in [3.05, 3.63) is 64.0 Å². The number of anilines is 1. The summed E-state index contributed by atoms with van der Waals surface area (Å²) in [6.45, 7) is 1.45. The van der Waals surface area contributed by atoms with E-state index in [1.54, 1.807) is 0 Å². The summed E-state index contributed by atoms with van der Waals surface area (Å²) in [4.78, 5) is 12.3. The Morgan fingerprint density at radius 2 is 1.76 bits per heavy atom. The lowest BCUT2D eigenvalue weighted by atomic mass is 9.85. The van der Waals surface area contributed by atoms with Gasteiger partial charge in [-0.25, -0.2) is 13.2 Å². The van der Waals surface area contributed by atoms with Gasteiger partial charge in [0.25, 0.3) is 5.91 Å². The quantitative estimate of drug-likeness (QED) is 0.436. The number of hydrogen-bond acceptors (Lipinski definition) is 3. The first kappa shape index (κ1) is 24.4. The van der Waals surface area contributed by atoms with E-state index in [4.69, 9.17) is 5.26 Å². The van der Waals surface area contributed by atoms with Gasteiger partial charge in [0, 0.05) is 23.8 Å². The number of alkyl halides is 3. The Morgan fingerprint density at radius 1 is 1.09 bits per heavy atom. The highest BCUT2D eigenvalue weighted by atomic mass is 19.4. The highest BCUT2D eigenvalue weighted by Gasteiger charge is 2.34. The molecule has 0 saturated heterocycles. The van der Waals surface area contributed by atoms with Gasteiger partial charge in [0.15, 0.2) is 11.6 Å². The summed E-state index contributed by atoms with van der Waals surface area (Å²) in [7, 11) is 0. The van der Waals surface area contributed by atoms with Crippen LogP contribution in [0, 0.1) is 41.6 Å². The summed E-state index contributed by atoms with van der Waals surface area (Å²) in [6, 6.07) is 5.23. The molecule has 2 aromatic rings. The summed E-state index contributed by atoms with van der Waals surface area (Å²) < 4.78 is 80.4. The molecule has 3 rings (SSSR count). The van der Waals surface area contributed by atoms with Crippen LogP contribution in [0.5, 0.6) is 0 Å². The summed E-state index contributed by atoms with van der Waals surface area (Å²) in [6.07, 6.45) is -2.24. The zero-order chi connectivity index (χ0) is 24.3. The largest absolute Gasteiger partial charge is 0.417 e. The number of nitrogens with one attached hydrogen (secondary N) is 2. The Bertz CT molecular complexity index is 1090. The maximum absolute atomic E-state index is 14.2. The average Bonchev–Trinajstić information content (AvgIpc) is 2.78. The zero-order valence-electron chi connectivity index (χ0n) is 17.6. The first-order valence-electron chi connectivity index (χ1n) is 10.3. The third-order valence-electron chi connectivity index (χ3n) is 5.84. The van der Waals surface area contributed by atoms with E-state index in [-0.39, 0.29) is 17.6 Å². The molecule has 2 N–H and O–H groups in total. The fourth-order valence-corrected chi connectivity index (χ4v) is 3.92. The van der Waals surface area contributed by atoms with Gasteiger partial charge in [-0.2, -0.15) is 18.4 Å². The summed E-state index contributed by atoms with van der Waals surface area (Å²) >= 11 is 0. The lowest BCUT2D eigenvalue weighted by Gasteiger charge is -2.29. The Hall–Kier alpha value is -3.22. The second-order valence-electron chi connectivity index (χ2n) is 8.10. The highest BCUT2D eigenvalue weighted by Crippen LogP contribution is 2.34. The van der Waals surface area contributed by atoms with Crippen molar-refractivity contribution in [2.45, 2.75) is 44.8 Å². The number of benzene rings is 2. The van der Waals surface area contributed by atoms with Crippen LogP contribution in [0.4, 0.5) is 32.0 Å². The van der Waals surface area contributed by atoms with Crippen LogP contribution in [0.15, 0.2) is 24.3 Å². The van der Waals surface area contributed by atoms with Crippen LogP contribution in [0.1, 0.15) is 52.7 Å². The number of hydrogen-bond donors (Lipinski definition) is 2. The van der Waals surface area contributed by atoms with Crippen molar-refractivity contribution in [1.29, 1.82) is 5.26 Å². The second-order valence-corrected chi connectivity index (χ2v) is 8.10. The van der Waals surface area contributed by atoms with E-state index >= 15 is 0 Å². The van der Waals surface area contributed by atoms with Crippen LogP contribution in [0.2, 0.25) is 0 Å². The number of nitriles is 1. The minimum atomic E-state index is -4.63. The van der Waals surface area contributed by atoms with Crippen LogP contribution in [0.3, 0.4) is 0 Å². The number of carbonyl (C=O) groups is 1. The molecule has 1 aliphatic rings. The van der Waals surface area contributed by atoms with Crippen LogP contribution in [0.25, 0.3) is 0 Å². The molecule has 0 atom stereocenters. The van der Waals surface area contributed by atoms with Crippen LogP contribution in [-0.4, -0.2) is 18.5 Å². The summed E-state index contributed by atoms with van der Waals surface area (Å²) in [5.41, 5.74) is -2.32. The van der Waals surface area contributed by atoms with Crippen molar-refractivity contribution in [2.24, 2.45) is 5.92 Å². The smallest absolute Gasteiger partial charge is 0.385 e. The van der Waals surface area contributed by atoms with E-state index in [9.17, 15) is 31.1 Å². The molecule has 0 bridgehead atoms. The number of carbonyl (C=O) groups excluding carboxylic acids is 1. The molecule has 2 aromatic carbocycles. The van der Waals surface area contributed by atoms with Crippen molar-refractivity contribution in [1.82, 2.24) is 5.32 Å². The van der Waals surface area contributed by atoms with E-state index in [1.165, 1.54) is 12.1 Å². The molecule has 10 heteroatoms. The van der Waals surface area contributed by atoms with Crippen molar-refractivity contribution < 1.29 is 31.1 Å². The lowest BCUT2D eigenvalue weighted by molar-refractivity contribution is -0.137. The van der Waals surface area contributed by atoms with Gasteiger partial charge in [-0.15, -0.1) is 0 Å². The number of rotatable bonds is 5. The topological polar surface area (TPSA) is 64.9 Å². The Labute approximate surface area is 186 Å². The molecule has 0 aromatic heterocycles. The van der Waals surface area contributed by atoms with Crippen molar-refractivity contribution in [3.8, 4) is 6.07 Å². The highest BCUT2D eigenvalue weighted by molar-refractivity contribution is 5.95. The maximum Gasteiger partial charge on any atom is 0.417 e. The van der Waals surface area contributed by atoms with E-state index in [2.05, 4.69) is 10.6 Å². The van der Waals surface area contributed by atoms with E-state index in [0.29, 0.717) is 38.3 Å². The molecule has 1 aliphatic carbocycles. The Morgan fingerprint density at radius 3 is 2.36 bits per heavy atom. The zero-order valence-corrected chi connectivity index (χ0v) is 17.6. The molecule has 1 saturated carbocycles. The monoisotopic (exact) mass is 469 g/mol. The molecular formula is C23H21F6N3O. The SMILES string of the molecule is Cc1c(F)c(F)cc(C(=O)NC2CCC(CNc3ccc(C#N)c(C(F)(F)F)c3)CC2)c1F. The molecule has 4 nitrogen and oxygen atoms in total. The van der Waals surface area contributed by atoms with Crippen molar-refractivity contribution in [2.75, 3.05) is 11.9 Å². The van der Waals surface area contributed by atoms with E-state index < -0.39 is 51.8 Å². The third-order valence-corrected chi connectivity index (χ3v) is 5.84. The Balaban J connectivity index is 1.54. The minimum absolute atomic E-state index is 0.130. The predicted octanol–water partition coefficient (Wildman–Crippen LogP) is 5.70. The van der Waals surface area contributed by atoms with Gasteiger partial charge in [-0.3, -0.25) is 4.79 Å². The van der Waals surface area contributed by atoms with Gasteiger partial charge >= 0.3 is 6.18 Å². The number of halogens is 6. The Kier molecular flexibility index (Phi) is 7.20. The fourth-order valence-electron chi connectivity index (χ4n) is 3.92. The van der Waals surface area contributed by atoms with Crippen LogP contribution >= 0.6 is 0 Å². The maximum atomic E-state index is 14.2. The molecule has 1 amide bonds. The lowest BCUT2D eigenvalue weighted by Crippen LogP contribution is -2.39. The summed E-state index contributed by atoms with van der Waals surface area (Å²) in [5.74, 6) is -4.43. The van der Waals surface area contributed by atoms with E-state index in [1.807, 2.05) is 0 Å². The van der Waals surface area contributed by atoms with Crippen molar-refractivity contribution in [3.63, 3.8) is 0 Å². The first-order valence-corrected chi connectivity index (χ1v) is 10.3. The van der Waals surface area contributed by atoms with Gasteiger partial charge in [-0.1, -0.05) is 0 Å². The predicted molar refractivity (Wildman–Crippen MR) is 109 cm³/mol. The molecule has 176 valence electrons. The summed E-state index contributed by atoms with van der Waals surface area (Å²) in [5, 5.41) is 14.5. The van der Waals surface area contributed by atoms with Crippen LogP contribution in [-0.2, 0) is 6.18 Å². The van der Waals surface area contributed by atoms with Gasteiger partial charge in [0.2, 0.25) is 0 Å². The molecule has 0 radical (unpaired) electrons. The molecular weight excluding hydrogens is 448 g/mol. The minimum Gasteiger partial charge on any atom is -0.385 e. The van der Waals surface area contributed by atoms with Gasteiger partial charge < -0.3 is 10.6 Å². The van der Waals surface area contributed by atoms with E-state index in [0.717, 1.165) is 19.1 Å². The number of amides is 1. The second kappa shape index (κ2) is 9.73. The fraction of sp³-hybridized carbons (Fsp3) is 0.391. The van der Waals surface area contributed by atoms with Crippen molar-refractivity contribution >= 4 is 11.6 Å². The van der Waals surface area contributed by atoms with Gasteiger partial charge in [0.05, 0.1) is 22.8 Å². The molecule has 1 fully saturated rings. The van der Waals surface area contributed by atoms with Gasteiger partial charge in [0.1, 0.15) is 5.82 Å². The van der Waals surface area contributed by atoms with Crippen LogP contribution < -0.4 is 10.6 Å². The normalized spacial score (nSPS) is 18.5. The molecule has 0 spiro atoms. The molecule has 0 heterocycles. The number of nitrogens with zero attached hydrogens (tertiary/aromatic N) is 1. The third kappa shape index (κ3) is 5.59. The molecule has 33 heavy (non-hydrogen) atoms. The molecule has 0 unspecified atom stereocenters. The first-order chi connectivity index (χ1) is 15.5. The van der Waals surface area contributed by atoms with Gasteiger partial charge in [-0.05, 0) is 62.8 Å². The standard InChI is InChI=1S/C23H21F6N3O/c1-12-20(25)17(9-19(24)21(12)26)22(33)32-15-5-2-13(3-6-15)11-31-16-7-4-14(10-30)18(8-16)23(27,28)29/h4,7-9,13,15,31H,2-3,5-6,11H2,1H3,(H,32,33). The molecule has 0 aliphatic heterocycles. The average molecular weight is 469 g/mol.